The molecule has 3 aromatic rings. The number of nitrogens with zero attached hydrogens (tertiary/aromatic N) is 3. The summed E-state index contributed by atoms with van der Waals surface area (Å²) < 4.78 is 18.2. The molecule has 2 aromatic carbocycles. The molecule has 1 N–H and O–H groups in total. The van der Waals surface area contributed by atoms with E-state index in [-0.39, 0.29) is 6.61 Å². The van der Waals surface area contributed by atoms with E-state index in [9.17, 15) is 4.79 Å². The van der Waals surface area contributed by atoms with E-state index in [1.54, 1.807) is 25.8 Å². The molecule has 1 aromatic heterocycles. The quantitative estimate of drug-likeness (QED) is 0.385. The molecule has 0 amide bonds. The number of nitrogens with one attached hydrogen (secondary N) is 1. The summed E-state index contributed by atoms with van der Waals surface area (Å²) in [5, 5.41) is 8.57. The van der Waals surface area contributed by atoms with Gasteiger partial charge in [-0.1, -0.05) is 42.1 Å². The molecule has 9 heteroatoms. The van der Waals surface area contributed by atoms with Gasteiger partial charge in [0.25, 0.3) is 0 Å². The fourth-order valence-corrected chi connectivity index (χ4v) is 4.51. The van der Waals surface area contributed by atoms with Crippen LogP contribution in [0.5, 0.6) is 11.5 Å². The lowest BCUT2D eigenvalue weighted by Crippen LogP contribution is -2.30. The third-order valence-electron chi connectivity index (χ3n) is 5.27. The van der Waals surface area contributed by atoms with Crippen LogP contribution in [0.3, 0.4) is 0 Å². The molecule has 172 valence electrons. The van der Waals surface area contributed by atoms with Crippen molar-refractivity contribution in [3.63, 3.8) is 0 Å². The molecule has 33 heavy (non-hydrogen) atoms. The Kier molecular flexibility index (Phi) is 6.88. The number of aromatic nitrogens is 3. The summed E-state index contributed by atoms with van der Waals surface area (Å²) in [6, 6.07) is 15.0. The van der Waals surface area contributed by atoms with Crippen LogP contribution in [0.4, 0.5) is 5.95 Å². The van der Waals surface area contributed by atoms with Crippen molar-refractivity contribution < 1.29 is 19.0 Å². The van der Waals surface area contributed by atoms with Crippen LogP contribution in [-0.4, -0.2) is 41.6 Å². The van der Waals surface area contributed by atoms with Gasteiger partial charge in [0.15, 0.2) is 0 Å². The van der Waals surface area contributed by atoms with E-state index >= 15 is 0 Å². The minimum Gasteiger partial charge on any atom is -0.497 e. The van der Waals surface area contributed by atoms with Gasteiger partial charge < -0.3 is 19.5 Å². The summed E-state index contributed by atoms with van der Waals surface area (Å²) in [6.45, 7) is 3.88. The minimum absolute atomic E-state index is 0.264. The van der Waals surface area contributed by atoms with E-state index in [1.165, 1.54) is 17.3 Å². The van der Waals surface area contributed by atoms with Crippen molar-refractivity contribution >= 4 is 23.7 Å². The van der Waals surface area contributed by atoms with Crippen LogP contribution in [0, 0.1) is 0 Å². The maximum Gasteiger partial charge on any atom is 0.338 e. The van der Waals surface area contributed by atoms with Crippen LogP contribution in [0.2, 0.25) is 0 Å². The highest BCUT2D eigenvalue weighted by atomic mass is 32.2. The first-order valence-corrected chi connectivity index (χ1v) is 11.5. The van der Waals surface area contributed by atoms with Gasteiger partial charge in [0.2, 0.25) is 11.1 Å². The van der Waals surface area contributed by atoms with Gasteiger partial charge in [0.1, 0.15) is 17.5 Å². The molecule has 0 bridgehead atoms. The Bertz CT molecular complexity index is 1180. The summed E-state index contributed by atoms with van der Waals surface area (Å²) >= 11 is 1.53. The largest absolute Gasteiger partial charge is 0.497 e. The van der Waals surface area contributed by atoms with Crippen LogP contribution < -0.4 is 14.8 Å². The van der Waals surface area contributed by atoms with Gasteiger partial charge in [-0.15, -0.1) is 5.10 Å². The van der Waals surface area contributed by atoms with Crippen molar-refractivity contribution in [1.82, 2.24) is 14.8 Å². The smallest absolute Gasteiger partial charge is 0.338 e. The van der Waals surface area contributed by atoms with Gasteiger partial charge in [0.05, 0.1) is 26.4 Å². The summed E-state index contributed by atoms with van der Waals surface area (Å²) in [7, 11) is 3.19. The first kappa shape index (κ1) is 22.7. The molecule has 8 nitrogen and oxygen atoms in total. The maximum absolute atomic E-state index is 13.0. The Balaban J connectivity index is 1.78. The van der Waals surface area contributed by atoms with Gasteiger partial charge in [-0.3, -0.25) is 0 Å². The van der Waals surface area contributed by atoms with Gasteiger partial charge in [0, 0.05) is 17.0 Å². The average molecular weight is 467 g/mol. The predicted octanol–water partition coefficient (Wildman–Crippen LogP) is 4.44. The van der Waals surface area contributed by atoms with Crippen molar-refractivity contribution in [2.45, 2.75) is 30.8 Å². The molecule has 0 saturated carbocycles. The van der Waals surface area contributed by atoms with Gasteiger partial charge in [-0.25, -0.2) is 9.48 Å². The lowest BCUT2D eigenvalue weighted by molar-refractivity contribution is -0.139. The Morgan fingerprint density at radius 1 is 1.15 bits per heavy atom. The molecule has 0 saturated heterocycles. The van der Waals surface area contributed by atoms with E-state index in [4.69, 9.17) is 19.3 Å². The van der Waals surface area contributed by atoms with E-state index in [2.05, 4.69) is 22.4 Å². The Hall–Kier alpha value is -3.46. The number of benzene rings is 2. The summed E-state index contributed by atoms with van der Waals surface area (Å²) in [4.78, 5) is 17.7. The van der Waals surface area contributed by atoms with E-state index < -0.39 is 12.0 Å². The highest BCUT2D eigenvalue weighted by Crippen LogP contribution is 2.41. The van der Waals surface area contributed by atoms with Crippen LogP contribution >= 0.6 is 11.8 Å². The molecule has 1 aliphatic heterocycles. The number of methoxy groups -OCH3 is 2. The molecule has 0 spiro atoms. The second-order valence-electron chi connectivity index (χ2n) is 7.33. The van der Waals surface area contributed by atoms with Crippen molar-refractivity contribution in [1.29, 1.82) is 0 Å². The van der Waals surface area contributed by atoms with Crippen LogP contribution in [0.15, 0.2) is 65.0 Å². The molecule has 0 unspecified atom stereocenters. The zero-order valence-corrected chi connectivity index (χ0v) is 19.8. The van der Waals surface area contributed by atoms with Crippen molar-refractivity contribution in [2.24, 2.45) is 0 Å². The predicted molar refractivity (Wildman–Crippen MR) is 127 cm³/mol. The molecule has 1 aliphatic rings. The molecule has 1 atom stereocenters. The number of hydrogen-bond donors (Lipinski definition) is 1. The third-order valence-corrected chi connectivity index (χ3v) is 6.18. The number of carbonyl (C=O) groups excluding carboxylic acids is 1. The molecular weight excluding hydrogens is 440 g/mol. The van der Waals surface area contributed by atoms with Crippen molar-refractivity contribution in [3.8, 4) is 11.5 Å². The zero-order chi connectivity index (χ0) is 23.4. The SMILES string of the molecule is CCOC(=O)C1=C(C)Nc2nc(SCc3ccccc3)nn2[C@@H]1c1cc(OC)ccc1OC. The molecule has 2 heterocycles. The second-order valence-corrected chi connectivity index (χ2v) is 8.27. The van der Waals surface area contributed by atoms with Crippen LogP contribution in [-0.2, 0) is 15.3 Å². The van der Waals surface area contributed by atoms with Gasteiger partial charge >= 0.3 is 5.97 Å². The van der Waals surface area contributed by atoms with E-state index in [0.717, 1.165) is 11.3 Å². The minimum atomic E-state index is -0.594. The standard InChI is InChI=1S/C24H26N4O4S/c1-5-32-22(29)20-15(2)25-23-26-24(33-14-16-9-7-6-8-10-16)27-28(23)21(20)18-13-17(30-3)11-12-19(18)31-4/h6-13,21H,5,14H2,1-4H3,(H,25,26,27)/t21-/m1/s1. The Morgan fingerprint density at radius 2 is 1.94 bits per heavy atom. The maximum atomic E-state index is 13.0. The highest BCUT2D eigenvalue weighted by Gasteiger charge is 2.37. The summed E-state index contributed by atoms with van der Waals surface area (Å²) in [5.41, 5.74) is 3.01. The van der Waals surface area contributed by atoms with E-state index in [1.807, 2.05) is 43.3 Å². The van der Waals surface area contributed by atoms with E-state index in [0.29, 0.717) is 33.9 Å². The van der Waals surface area contributed by atoms with Crippen molar-refractivity contribution in [2.75, 3.05) is 26.1 Å². The fraction of sp³-hybridized carbons (Fsp3) is 0.292. The number of hydrogen-bond acceptors (Lipinski definition) is 8. The first-order chi connectivity index (χ1) is 16.0. The normalized spacial score (nSPS) is 15.0. The Labute approximate surface area is 197 Å². The Morgan fingerprint density at radius 3 is 2.64 bits per heavy atom. The number of esters is 1. The van der Waals surface area contributed by atoms with Gasteiger partial charge in [-0.2, -0.15) is 4.98 Å². The number of anilines is 1. The third kappa shape index (κ3) is 4.68. The monoisotopic (exact) mass is 466 g/mol. The molecular formula is C24H26N4O4S. The number of ether oxygens (including phenoxy) is 3. The second kappa shape index (κ2) is 9.99. The lowest BCUT2D eigenvalue weighted by Gasteiger charge is -2.29. The number of rotatable bonds is 8. The fourth-order valence-electron chi connectivity index (χ4n) is 3.73. The van der Waals surface area contributed by atoms with Crippen LogP contribution in [0.1, 0.15) is 31.0 Å². The number of fused-ring (bicyclic) bond motifs is 1. The first-order valence-electron chi connectivity index (χ1n) is 10.6. The molecule has 0 fully saturated rings. The average Bonchev–Trinajstić information content (AvgIpc) is 3.24. The zero-order valence-electron chi connectivity index (χ0n) is 19.0. The lowest BCUT2D eigenvalue weighted by atomic mass is 9.94. The van der Waals surface area contributed by atoms with Gasteiger partial charge in [-0.05, 0) is 37.6 Å². The van der Waals surface area contributed by atoms with Crippen LogP contribution in [0.25, 0.3) is 0 Å². The highest BCUT2D eigenvalue weighted by molar-refractivity contribution is 7.98. The summed E-state index contributed by atoms with van der Waals surface area (Å²) in [5.74, 6) is 2.11. The number of allylic oxidation sites excluding steroid dienone is 1. The van der Waals surface area contributed by atoms with Crippen molar-refractivity contribution in [3.05, 3.63) is 70.9 Å². The molecule has 0 aliphatic carbocycles. The molecule has 0 radical (unpaired) electrons. The number of thioether (sulfide) groups is 1. The number of carbonyl (C=O) groups is 1. The topological polar surface area (TPSA) is 87.5 Å². The molecule has 4 rings (SSSR count). The summed E-state index contributed by atoms with van der Waals surface area (Å²) in [6.07, 6.45) is 0.